The number of hydrogen-bond donors (Lipinski definition) is 1. The number of nitrogens with one attached hydrogen (secondary N) is 1. The maximum atomic E-state index is 12.3. The van der Waals surface area contributed by atoms with Crippen LogP contribution in [-0.4, -0.2) is 47.1 Å². The lowest BCUT2D eigenvalue weighted by molar-refractivity contribution is -0.183. The van der Waals surface area contributed by atoms with Crippen molar-refractivity contribution < 1.29 is 9.53 Å². The van der Waals surface area contributed by atoms with Gasteiger partial charge >= 0.3 is 0 Å². The third-order valence-corrected chi connectivity index (χ3v) is 4.76. The Kier molecular flexibility index (Phi) is 3.95. The molecule has 3 rings (SSSR count). The van der Waals surface area contributed by atoms with Crippen molar-refractivity contribution in [1.29, 1.82) is 0 Å². The summed E-state index contributed by atoms with van der Waals surface area (Å²) >= 11 is 0. The summed E-state index contributed by atoms with van der Waals surface area (Å²) in [5.74, 6) is 0.0648. The zero-order valence-electron chi connectivity index (χ0n) is 12.8. The van der Waals surface area contributed by atoms with E-state index in [0.717, 1.165) is 37.3 Å². The highest BCUT2D eigenvalue weighted by atomic mass is 16.5. The molecular weight excluding hydrogens is 266 g/mol. The predicted molar refractivity (Wildman–Crippen MR) is 79.8 cm³/mol. The highest BCUT2D eigenvalue weighted by molar-refractivity contribution is 5.78. The summed E-state index contributed by atoms with van der Waals surface area (Å²) in [6.45, 7) is 6.75. The van der Waals surface area contributed by atoms with Crippen molar-refractivity contribution in [3.8, 4) is 0 Å². The summed E-state index contributed by atoms with van der Waals surface area (Å²) in [6.07, 6.45) is 1.92. The fourth-order valence-corrected chi connectivity index (χ4v) is 3.41. The van der Waals surface area contributed by atoms with Crippen LogP contribution in [0.3, 0.4) is 0 Å². The van der Waals surface area contributed by atoms with Gasteiger partial charge < -0.3 is 15.0 Å². The molecule has 0 radical (unpaired) electrons. The number of ether oxygens (including phenoxy) is 1. The van der Waals surface area contributed by atoms with Crippen LogP contribution in [0.25, 0.3) is 0 Å². The minimum Gasteiger partial charge on any atom is -0.363 e. The number of nitrogens with zero attached hydrogens (tertiary/aromatic N) is 2. The molecule has 1 N–H and O–H groups in total. The molecule has 1 aromatic rings. The fraction of sp³-hybridized carbons (Fsp3) is 0.625. The van der Waals surface area contributed by atoms with Crippen molar-refractivity contribution in [2.75, 3.05) is 19.7 Å². The van der Waals surface area contributed by atoms with Crippen molar-refractivity contribution in [1.82, 2.24) is 15.2 Å². The summed E-state index contributed by atoms with van der Waals surface area (Å²) < 4.78 is 5.97. The van der Waals surface area contributed by atoms with Gasteiger partial charge in [-0.1, -0.05) is 6.07 Å². The van der Waals surface area contributed by atoms with Crippen molar-refractivity contribution in [2.45, 2.75) is 44.9 Å². The topological polar surface area (TPSA) is 54.5 Å². The van der Waals surface area contributed by atoms with Crippen LogP contribution < -0.4 is 5.32 Å². The first kappa shape index (κ1) is 14.5. The number of rotatable bonds is 2. The van der Waals surface area contributed by atoms with Gasteiger partial charge in [0.25, 0.3) is 0 Å². The number of aromatic nitrogens is 1. The van der Waals surface area contributed by atoms with Crippen LogP contribution >= 0.6 is 0 Å². The number of aryl methyl sites for hydroxylation is 1. The minimum atomic E-state index is -0.191. The van der Waals surface area contributed by atoms with Crippen molar-refractivity contribution in [3.63, 3.8) is 0 Å². The van der Waals surface area contributed by atoms with Gasteiger partial charge in [0, 0.05) is 5.69 Å². The van der Waals surface area contributed by atoms with Crippen molar-refractivity contribution >= 4 is 5.91 Å². The van der Waals surface area contributed by atoms with Gasteiger partial charge in [0.15, 0.2) is 0 Å². The first-order valence-corrected chi connectivity index (χ1v) is 7.67. The number of morpholine rings is 1. The van der Waals surface area contributed by atoms with E-state index in [2.05, 4.69) is 17.2 Å². The van der Waals surface area contributed by atoms with E-state index < -0.39 is 0 Å². The lowest BCUT2D eigenvalue weighted by Crippen LogP contribution is -2.63. The molecular formula is C16H23N3O2. The molecule has 5 nitrogen and oxygen atoms in total. The molecule has 114 valence electrons. The normalized spacial score (nSPS) is 25.3. The van der Waals surface area contributed by atoms with Gasteiger partial charge in [-0.05, 0) is 51.9 Å². The van der Waals surface area contributed by atoms with Crippen LogP contribution in [-0.2, 0) is 16.1 Å². The number of pyridine rings is 1. The zero-order valence-corrected chi connectivity index (χ0v) is 12.8. The highest BCUT2D eigenvalue weighted by Gasteiger charge is 2.46. The van der Waals surface area contributed by atoms with Gasteiger partial charge in [-0.2, -0.15) is 0 Å². The third-order valence-electron chi connectivity index (χ3n) is 4.76. The van der Waals surface area contributed by atoms with E-state index in [4.69, 9.17) is 4.74 Å². The SMILES string of the molecule is Cc1cccc(CN2C(=O)COC3(CCNCC3)[C@H]2C)n1. The molecule has 1 aromatic heterocycles. The summed E-state index contributed by atoms with van der Waals surface area (Å²) in [7, 11) is 0. The van der Waals surface area contributed by atoms with Gasteiger partial charge in [0.05, 0.1) is 23.9 Å². The summed E-state index contributed by atoms with van der Waals surface area (Å²) in [4.78, 5) is 18.7. The number of hydrogen-bond acceptors (Lipinski definition) is 4. The monoisotopic (exact) mass is 289 g/mol. The number of amides is 1. The Hall–Kier alpha value is -1.46. The van der Waals surface area contributed by atoms with Gasteiger partial charge in [-0.3, -0.25) is 9.78 Å². The Labute approximate surface area is 125 Å². The van der Waals surface area contributed by atoms with E-state index in [0.29, 0.717) is 6.54 Å². The largest absolute Gasteiger partial charge is 0.363 e. The van der Waals surface area contributed by atoms with Gasteiger partial charge in [0.2, 0.25) is 5.91 Å². The molecule has 1 amide bonds. The minimum absolute atomic E-state index is 0.0648. The third kappa shape index (κ3) is 2.80. The lowest BCUT2D eigenvalue weighted by atomic mass is 9.83. The van der Waals surface area contributed by atoms with Crippen molar-refractivity contribution in [2.24, 2.45) is 0 Å². The highest BCUT2D eigenvalue weighted by Crippen LogP contribution is 2.34. The molecule has 0 aliphatic carbocycles. The molecule has 2 aliphatic rings. The average Bonchev–Trinajstić information content (AvgIpc) is 2.49. The Morgan fingerprint density at radius 1 is 1.43 bits per heavy atom. The summed E-state index contributed by atoms with van der Waals surface area (Å²) in [5.41, 5.74) is 1.74. The fourth-order valence-electron chi connectivity index (χ4n) is 3.41. The molecule has 21 heavy (non-hydrogen) atoms. The molecule has 5 heteroatoms. The molecule has 1 spiro atoms. The van der Waals surface area contributed by atoms with Crippen molar-refractivity contribution in [3.05, 3.63) is 29.6 Å². The Morgan fingerprint density at radius 3 is 2.90 bits per heavy atom. The summed E-state index contributed by atoms with van der Waals surface area (Å²) in [6, 6.07) is 6.04. The molecule has 0 bridgehead atoms. The van der Waals surface area contributed by atoms with Gasteiger partial charge in [0.1, 0.15) is 6.61 Å². The standard InChI is InChI=1S/C16H23N3O2/c1-12-4-3-5-14(18-12)10-19-13(2)16(21-11-15(19)20)6-8-17-9-7-16/h3-5,13,17H,6-11H2,1-2H3/t13-/m1/s1. The second-order valence-corrected chi connectivity index (χ2v) is 6.07. The van der Waals surface area contributed by atoms with Crippen LogP contribution in [0.15, 0.2) is 18.2 Å². The molecule has 1 atom stereocenters. The first-order valence-electron chi connectivity index (χ1n) is 7.67. The quantitative estimate of drug-likeness (QED) is 0.890. The van der Waals surface area contributed by atoms with E-state index in [9.17, 15) is 4.79 Å². The van der Waals surface area contributed by atoms with Gasteiger partial charge in [-0.25, -0.2) is 0 Å². The molecule has 2 saturated heterocycles. The van der Waals surface area contributed by atoms with Crippen LogP contribution in [0.4, 0.5) is 0 Å². The van der Waals surface area contributed by atoms with E-state index >= 15 is 0 Å². The van der Waals surface area contributed by atoms with E-state index in [-0.39, 0.29) is 24.2 Å². The second-order valence-electron chi connectivity index (χ2n) is 6.07. The number of carbonyl (C=O) groups is 1. The molecule has 0 unspecified atom stereocenters. The van der Waals surface area contributed by atoms with Crippen LogP contribution in [0.2, 0.25) is 0 Å². The Bertz CT molecular complexity index is 526. The summed E-state index contributed by atoms with van der Waals surface area (Å²) in [5, 5.41) is 3.36. The second kappa shape index (κ2) is 5.73. The Balaban J connectivity index is 1.80. The van der Waals surface area contributed by atoms with Gasteiger partial charge in [-0.15, -0.1) is 0 Å². The number of piperidine rings is 1. The zero-order chi connectivity index (χ0) is 14.9. The number of carbonyl (C=O) groups excluding carboxylic acids is 1. The van der Waals surface area contributed by atoms with E-state index in [1.54, 1.807) is 0 Å². The lowest BCUT2D eigenvalue weighted by Gasteiger charge is -2.50. The molecule has 0 aromatic carbocycles. The average molecular weight is 289 g/mol. The van der Waals surface area contributed by atoms with E-state index in [1.807, 2.05) is 30.0 Å². The Morgan fingerprint density at radius 2 is 2.19 bits per heavy atom. The molecule has 2 fully saturated rings. The van der Waals surface area contributed by atoms with Crippen LogP contribution in [0, 0.1) is 6.92 Å². The smallest absolute Gasteiger partial charge is 0.249 e. The molecule has 2 aliphatic heterocycles. The van der Waals surface area contributed by atoms with Crippen LogP contribution in [0.1, 0.15) is 31.2 Å². The van der Waals surface area contributed by atoms with E-state index in [1.165, 1.54) is 0 Å². The maximum absolute atomic E-state index is 12.3. The first-order chi connectivity index (χ1) is 10.1. The molecule has 3 heterocycles. The predicted octanol–water partition coefficient (Wildman–Crippen LogP) is 1.26. The maximum Gasteiger partial charge on any atom is 0.249 e. The molecule has 0 saturated carbocycles. The van der Waals surface area contributed by atoms with Crippen LogP contribution in [0.5, 0.6) is 0 Å².